The Morgan fingerprint density at radius 1 is 1.36 bits per heavy atom. The number of rotatable bonds is 1. The summed E-state index contributed by atoms with van der Waals surface area (Å²) < 4.78 is 0. The smallest absolute Gasteiger partial charge is 0.154 e. The summed E-state index contributed by atoms with van der Waals surface area (Å²) in [6.45, 7) is 5.41. The molecular formula is C11H19NOS. The molecule has 2 aliphatic heterocycles. The van der Waals surface area contributed by atoms with Crippen LogP contribution in [0.15, 0.2) is 0 Å². The van der Waals surface area contributed by atoms with Crippen LogP contribution in [-0.4, -0.2) is 40.3 Å². The highest BCUT2D eigenvalue weighted by Gasteiger charge is 2.49. The predicted molar refractivity (Wildman–Crippen MR) is 60.8 cm³/mol. The Morgan fingerprint density at radius 3 is 2.57 bits per heavy atom. The maximum atomic E-state index is 12.0. The number of ketones is 1. The van der Waals surface area contributed by atoms with Crippen molar-refractivity contribution in [2.45, 2.75) is 44.7 Å². The average molecular weight is 213 g/mol. The van der Waals surface area contributed by atoms with E-state index in [9.17, 15) is 4.79 Å². The molecule has 0 unspecified atom stereocenters. The number of likely N-dealkylation sites (tertiary alicyclic amines) is 1. The Hall–Kier alpha value is -0.0200. The van der Waals surface area contributed by atoms with Gasteiger partial charge in [-0.2, -0.15) is 11.8 Å². The first-order valence-corrected chi connectivity index (χ1v) is 6.70. The molecule has 2 nitrogen and oxygen atoms in total. The second-order valence-corrected chi connectivity index (χ2v) is 5.83. The molecule has 2 saturated heterocycles. The minimum Gasteiger partial charge on any atom is -0.298 e. The zero-order valence-electron chi connectivity index (χ0n) is 9.08. The summed E-state index contributed by atoms with van der Waals surface area (Å²) in [5.74, 6) is 2.83. The van der Waals surface area contributed by atoms with Gasteiger partial charge >= 0.3 is 0 Å². The predicted octanol–water partition coefficient (Wildman–Crippen LogP) is 1.94. The number of carbonyl (C=O) groups excluding carboxylic acids is 1. The third kappa shape index (κ3) is 1.50. The third-order valence-corrected chi connectivity index (χ3v) is 4.58. The van der Waals surface area contributed by atoms with Crippen molar-refractivity contribution in [3.63, 3.8) is 0 Å². The maximum absolute atomic E-state index is 12.0. The lowest BCUT2D eigenvalue weighted by molar-refractivity contribution is -0.126. The summed E-state index contributed by atoms with van der Waals surface area (Å²) in [5.41, 5.74) is -0.0561. The van der Waals surface area contributed by atoms with E-state index in [2.05, 4.69) is 18.7 Å². The molecule has 0 amide bonds. The Kier molecular flexibility index (Phi) is 2.89. The minimum atomic E-state index is -0.0561. The largest absolute Gasteiger partial charge is 0.298 e. The van der Waals surface area contributed by atoms with Gasteiger partial charge in [-0.05, 0) is 38.2 Å². The van der Waals surface area contributed by atoms with Gasteiger partial charge in [-0.1, -0.05) is 0 Å². The zero-order valence-corrected chi connectivity index (χ0v) is 9.90. The van der Waals surface area contributed by atoms with Gasteiger partial charge in [0.1, 0.15) is 0 Å². The molecule has 2 rings (SSSR count). The molecule has 3 heteroatoms. The highest BCUT2D eigenvalue weighted by molar-refractivity contribution is 7.99. The van der Waals surface area contributed by atoms with Crippen LogP contribution in [0.1, 0.15) is 33.1 Å². The van der Waals surface area contributed by atoms with E-state index >= 15 is 0 Å². The standard InChI is InChI=1S/C11H19NOS/c1-9(2)12-6-3-10(13)11(12)4-7-14-8-5-11/h9H,3-8H2,1-2H3. The van der Waals surface area contributed by atoms with Crippen molar-refractivity contribution in [1.82, 2.24) is 4.90 Å². The van der Waals surface area contributed by atoms with Crippen LogP contribution in [0.3, 0.4) is 0 Å². The van der Waals surface area contributed by atoms with E-state index < -0.39 is 0 Å². The van der Waals surface area contributed by atoms with Crippen molar-refractivity contribution < 1.29 is 4.79 Å². The van der Waals surface area contributed by atoms with Gasteiger partial charge in [-0.3, -0.25) is 9.69 Å². The lowest BCUT2D eigenvalue weighted by Crippen LogP contribution is -2.53. The first kappa shape index (κ1) is 10.5. The van der Waals surface area contributed by atoms with Crippen molar-refractivity contribution in [1.29, 1.82) is 0 Å². The number of Topliss-reactive ketones (excluding diaryl/α,β-unsaturated/α-hetero) is 1. The van der Waals surface area contributed by atoms with Crippen molar-refractivity contribution in [2.24, 2.45) is 0 Å². The average Bonchev–Trinajstić information content (AvgIpc) is 2.46. The van der Waals surface area contributed by atoms with Gasteiger partial charge in [0.2, 0.25) is 0 Å². The summed E-state index contributed by atoms with van der Waals surface area (Å²) in [4.78, 5) is 14.5. The van der Waals surface area contributed by atoms with Crippen LogP contribution in [0.25, 0.3) is 0 Å². The summed E-state index contributed by atoms with van der Waals surface area (Å²) in [6.07, 6.45) is 2.94. The summed E-state index contributed by atoms with van der Waals surface area (Å²) in [7, 11) is 0. The van der Waals surface area contributed by atoms with Gasteiger partial charge in [0.25, 0.3) is 0 Å². The molecule has 14 heavy (non-hydrogen) atoms. The molecule has 0 atom stereocenters. The van der Waals surface area contributed by atoms with E-state index in [4.69, 9.17) is 0 Å². The fourth-order valence-corrected chi connectivity index (χ4v) is 4.02. The maximum Gasteiger partial charge on any atom is 0.154 e. The topological polar surface area (TPSA) is 20.3 Å². The van der Waals surface area contributed by atoms with E-state index in [0.29, 0.717) is 11.8 Å². The van der Waals surface area contributed by atoms with E-state index in [1.807, 2.05) is 11.8 Å². The van der Waals surface area contributed by atoms with E-state index in [1.54, 1.807) is 0 Å². The molecule has 2 heterocycles. The molecule has 0 bridgehead atoms. The Labute approximate surface area is 90.4 Å². The van der Waals surface area contributed by atoms with E-state index in [0.717, 1.165) is 37.3 Å². The summed E-state index contributed by atoms with van der Waals surface area (Å²) in [6, 6.07) is 0.518. The summed E-state index contributed by atoms with van der Waals surface area (Å²) in [5, 5.41) is 0. The Bertz CT molecular complexity index is 233. The molecule has 0 saturated carbocycles. The molecule has 2 aliphatic rings. The first-order valence-electron chi connectivity index (χ1n) is 5.54. The van der Waals surface area contributed by atoms with Crippen LogP contribution in [0, 0.1) is 0 Å². The Morgan fingerprint density at radius 2 is 2.00 bits per heavy atom. The molecule has 0 radical (unpaired) electrons. The van der Waals surface area contributed by atoms with Crippen molar-refractivity contribution in [2.75, 3.05) is 18.1 Å². The molecule has 2 fully saturated rings. The third-order valence-electron chi connectivity index (χ3n) is 3.59. The van der Waals surface area contributed by atoms with Crippen LogP contribution in [-0.2, 0) is 4.79 Å². The van der Waals surface area contributed by atoms with Crippen molar-refractivity contribution in [3.05, 3.63) is 0 Å². The van der Waals surface area contributed by atoms with Crippen LogP contribution in [0.2, 0.25) is 0 Å². The van der Waals surface area contributed by atoms with Crippen LogP contribution < -0.4 is 0 Å². The fraction of sp³-hybridized carbons (Fsp3) is 0.909. The van der Waals surface area contributed by atoms with Gasteiger partial charge in [0.05, 0.1) is 5.54 Å². The second-order valence-electron chi connectivity index (χ2n) is 4.60. The molecule has 0 aliphatic carbocycles. The lowest BCUT2D eigenvalue weighted by Gasteiger charge is -2.42. The number of thioether (sulfide) groups is 1. The van der Waals surface area contributed by atoms with Crippen molar-refractivity contribution >= 4 is 17.5 Å². The molecule has 0 N–H and O–H groups in total. The van der Waals surface area contributed by atoms with Crippen molar-refractivity contribution in [3.8, 4) is 0 Å². The van der Waals surface area contributed by atoms with Gasteiger partial charge < -0.3 is 0 Å². The molecule has 0 aromatic rings. The second kappa shape index (κ2) is 3.86. The monoisotopic (exact) mass is 213 g/mol. The van der Waals surface area contributed by atoms with Crippen LogP contribution >= 0.6 is 11.8 Å². The SMILES string of the molecule is CC(C)N1CCC(=O)C12CCSCC2. The number of hydrogen-bond acceptors (Lipinski definition) is 3. The van der Waals surface area contributed by atoms with Crippen LogP contribution in [0.5, 0.6) is 0 Å². The molecule has 0 aromatic heterocycles. The minimum absolute atomic E-state index is 0.0561. The summed E-state index contributed by atoms with van der Waals surface area (Å²) >= 11 is 1.99. The molecule has 1 spiro atoms. The van der Waals surface area contributed by atoms with E-state index in [-0.39, 0.29) is 5.54 Å². The normalized spacial score (nSPS) is 27.8. The Balaban J connectivity index is 2.22. The van der Waals surface area contributed by atoms with Gasteiger partial charge in [0, 0.05) is 19.0 Å². The number of carbonyl (C=O) groups is 1. The molecule has 0 aromatic carbocycles. The zero-order chi connectivity index (χ0) is 10.2. The first-order chi connectivity index (χ1) is 6.67. The van der Waals surface area contributed by atoms with Gasteiger partial charge in [0.15, 0.2) is 5.78 Å². The van der Waals surface area contributed by atoms with E-state index in [1.165, 1.54) is 0 Å². The van der Waals surface area contributed by atoms with Gasteiger partial charge in [-0.25, -0.2) is 0 Å². The molecular weight excluding hydrogens is 194 g/mol. The highest BCUT2D eigenvalue weighted by atomic mass is 32.2. The lowest BCUT2D eigenvalue weighted by atomic mass is 9.87. The fourth-order valence-electron chi connectivity index (χ4n) is 2.86. The quantitative estimate of drug-likeness (QED) is 0.664. The number of hydrogen-bond donors (Lipinski definition) is 0. The highest BCUT2D eigenvalue weighted by Crippen LogP contribution is 2.39. The van der Waals surface area contributed by atoms with Crippen LogP contribution in [0.4, 0.5) is 0 Å². The number of nitrogens with zero attached hydrogens (tertiary/aromatic N) is 1. The van der Waals surface area contributed by atoms with Gasteiger partial charge in [-0.15, -0.1) is 0 Å². The molecule has 80 valence electrons.